The first-order valence-corrected chi connectivity index (χ1v) is 8.46. The summed E-state index contributed by atoms with van der Waals surface area (Å²) in [6, 6.07) is 7.70. The molecule has 0 spiro atoms. The Labute approximate surface area is 144 Å². The zero-order valence-corrected chi connectivity index (χ0v) is 14.2. The Morgan fingerprint density at radius 1 is 1.36 bits per heavy atom. The van der Waals surface area contributed by atoms with Gasteiger partial charge in [0, 0.05) is 30.6 Å². The van der Waals surface area contributed by atoms with E-state index in [2.05, 4.69) is 17.2 Å². The molecule has 1 saturated heterocycles. The number of hydrogen-bond acceptors (Lipinski definition) is 5. The van der Waals surface area contributed by atoms with Gasteiger partial charge in [0.25, 0.3) is 5.56 Å². The number of piperazine rings is 1. The van der Waals surface area contributed by atoms with Crippen molar-refractivity contribution in [2.45, 2.75) is 32.5 Å². The molecule has 7 heteroatoms. The number of aromatic nitrogens is 2. The lowest BCUT2D eigenvalue weighted by Gasteiger charge is -2.38. The number of carbonyl (C=O) groups is 1. The third-order valence-corrected chi connectivity index (χ3v) is 5.01. The average Bonchev–Trinajstić information content (AvgIpc) is 2.99. The van der Waals surface area contributed by atoms with Crippen LogP contribution in [0.25, 0.3) is 22.1 Å². The van der Waals surface area contributed by atoms with Gasteiger partial charge in [0.2, 0.25) is 11.5 Å². The number of nitrogens with one attached hydrogen (secondary N) is 1. The van der Waals surface area contributed by atoms with Crippen LogP contribution in [0.1, 0.15) is 13.8 Å². The Kier molecular flexibility index (Phi) is 3.80. The van der Waals surface area contributed by atoms with Gasteiger partial charge in [-0.25, -0.2) is 4.98 Å². The second-order valence-electron chi connectivity index (χ2n) is 6.52. The van der Waals surface area contributed by atoms with Crippen LogP contribution in [0.5, 0.6) is 0 Å². The fraction of sp³-hybridized carbons (Fsp3) is 0.389. The number of benzene rings is 1. The number of fused-ring (bicyclic) bond motifs is 3. The van der Waals surface area contributed by atoms with Crippen LogP contribution < -0.4 is 10.9 Å². The molecule has 7 nitrogen and oxygen atoms in total. The molecule has 1 aliphatic heterocycles. The Morgan fingerprint density at radius 2 is 2.16 bits per heavy atom. The fourth-order valence-corrected chi connectivity index (χ4v) is 3.37. The van der Waals surface area contributed by atoms with Crippen LogP contribution in [0.2, 0.25) is 0 Å². The van der Waals surface area contributed by atoms with Gasteiger partial charge >= 0.3 is 0 Å². The Morgan fingerprint density at radius 3 is 3.00 bits per heavy atom. The van der Waals surface area contributed by atoms with Crippen LogP contribution in [0.15, 0.2) is 39.8 Å². The van der Waals surface area contributed by atoms with E-state index in [1.54, 1.807) is 6.07 Å². The molecule has 0 saturated carbocycles. The van der Waals surface area contributed by atoms with E-state index in [1.807, 2.05) is 30.0 Å². The topological polar surface area (TPSA) is 80.4 Å². The van der Waals surface area contributed by atoms with Crippen LogP contribution >= 0.6 is 0 Å². The molecule has 25 heavy (non-hydrogen) atoms. The summed E-state index contributed by atoms with van der Waals surface area (Å²) in [5, 5.41) is 4.14. The summed E-state index contributed by atoms with van der Waals surface area (Å²) < 4.78 is 6.98. The molecule has 0 radical (unpaired) electrons. The molecule has 3 heterocycles. The number of rotatable bonds is 2. The molecule has 1 fully saturated rings. The van der Waals surface area contributed by atoms with Crippen LogP contribution in [0.4, 0.5) is 0 Å². The molecule has 2 aromatic heterocycles. The van der Waals surface area contributed by atoms with Gasteiger partial charge in [-0.05, 0) is 26.0 Å². The molecular formula is C18H20N4O3. The predicted octanol–water partition coefficient (Wildman–Crippen LogP) is 1.35. The Hall–Kier alpha value is -2.67. The average molecular weight is 340 g/mol. The number of nitrogens with zero attached hydrogens (tertiary/aromatic N) is 3. The molecular weight excluding hydrogens is 320 g/mol. The van der Waals surface area contributed by atoms with E-state index in [-0.39, 0.29) is 35.7 Å². The highest BCUT2D eigenvalue weighted by atomic mass is 16.3. The van der Waals surface area contributed by atoms with E-state index < -0.39 is 0 Å². The number of amides is 1. The van der Waals surface area contributed by atoms with Gasteiger partial charge in [0.1, 0.15) is 17.6 Å². The van der Waals surface area contributed by atoms with Crippen LogP contribution in [0.3, 0.4) is 0 Å². The minimum absolute atomic E-state index is 0.0319. The molecule has 1 N–H and O–H groups in total. The molecule has 0 bridgehead atoms. The fourth-order valence-electron chi connectivity index (χ4n) is 3.37. The summed E-state index contributed by atoms with van der Waals surface area (Å²) >= 11 is 0. The summed E-state index contributed by atoms with van der Waals surface area (Å²) in [7, 11) is 0. The lowest BCUT2D eigenvalue weighted by atomic mass is 10.1. The maximum Gasteiger partial charge on any atom is 0.297 e. The molecule has 1 aliphatic rings. The number of hydrogen-bond donors (Lipinski definition) is 1. The summed E-state index contributed by atoms with van der Waals surface area (Å²) in [4.78, 5) is 31.5. The van der Waals surface area contributed by atoms with Crippen LogP contribution in [0, 0.1) is 0 Å². The molecule has 1 amide bonds. The lowest BCUT2D eigenvalue weighted by Crippen LogP contribution is -2.58. The van der Waals surface area contributed by atoms with Crippen molar-refractivity contribution in [3.8, 4) is 0 Å². The van der Waals surface area contributed by atoms with Gasteiger partial charge in [-0.2, -0.15) is 0 Å². The molecule has 2 unspecified atom stereocenters. The summed E-state index contributed by atoms with van der Waals surface area (Å²) in [5.41, 5.74) is 1.02. The third kappa shape index (κ3) is 2.60. The van der Waals surface area contributed by atoms with E-state index >= 15 is 0 Å². The van der Waals surface area contributed by atoms with Gasteiger partial charge in [0.15, 0.2) is 0 Å². The Balaban J connectivity index is 1.68. The largest absolute Gasteiger partial charge is 0.448 e. The maximum atomic E-state index is 12.7. The van der Waals surface area contributed by atoms with Gasteiger partial charge in [0.05, 0.1) is 6.33 Å². The first-order chi connectivity index (χ1) is 12.1. The van der Waals surface area contributed by atoms with E-state index in [1.165, 1.54) is 10.9 Å². The predicted molar refractivity (Wildman–Crippen MR) is 94.4 cm³/mol. The third-order valence-electron chi connectivity index (χ3n) is 5.01. The highest BCUT2D eigenvalue weighted by Crippen LogP contribution is 2.24. The smallest absolute Gasteiger partial charge is 0.297 e. The highest BCUT2D eigenvalue weighted by Gasteiger charge is 2.28. The highest BCUT2D eigenvalue weighted by molar-refractivity contribution is 6.01. The molecule has 130 valence electrons. The minimum Gasteiger partial charge on any atom is -0.448 e. The second-order valence-corrected chi connectivity index (χ2v) is 6.52. The van der Waals surface area contributed by atoms with Crippen molar-refractivity contribution >= 4 is 28.0 Å². The summed E-state index contributed by atoms with van der Waals surface area (Å²) in [5.74, 6) is -0.0831. The normalized spacial score (nSPS) is 21.1. The van der Waals surface area contributed by atoms with Crippen molar-refractivity contribution in [3.05, 3.63) is 40.9 Å². The zero-order chi connectivity index (χ0) is 17.6. The van der Waals surface area contributed by atoms with Crippen molar-refractivity contribution in [2.75, 3.05) is 13.1 Å². The Bertz CT molecular complexity index is 1010. The molecule has 0 aliphatic carbocycles. The SMILES string of the molecule is CC1NCCN(C(=O)Cn2cnc3c(oc4ccccc43)c2=O)C1C. The van der Waals surface area contributed by atoms with Gasteiger partial charge in [-0.1, -0.05) is 12.1 Å². The van der Waals surface area contributed by atoms with E-state index in [0.29, 0.717) is 17.6 Å². The van der Waals surface area contributed by atoms with E-state index in [4.69, 9.17) is 4.42 Å². The number of carbonyl (C=O) groups excluding carboxylic acids is 1. The number of furan rings is 1. The molecule has 1 aromatic carbocycles. The molecule has 2 atom stereocenters. The zero-order valence-electron chi connectivity index (χ0n) is 14.2. The standard InChI is InChI=1S/C18H20N4O3/c1-11-12(2)22(8-7-19-11)15(23)9-21-10-20-16-13-5-3-4-6-14(13)25-17(16)18(21)24/h3-6,10-12,19H,7-9H2,1-2H3. The van der Waals surface area contributed by atoms with E-state index in [0.717, 1.165) is 11.9 Å². The first-order valence-electron chi connectivity index (χ1n) is 8.46. The second kappa shape index (κ2) is 6.00. The van der Waals surface area contributed by atoms with Crippen LogP contribution in [-0.4, -0.2) is 45.5 Å². The first kappa shape index (κ1) is 15.8. The monoisotopic (exact) mass is 340 g/mol. The van der Waals surface area contributed by atoms with Crippen LogP contribution in [-0.2, 0) is 11.3 Å². The van der Waals surface area contributed by atoms with Gasteiger partial charge < -0.3 is 14.6 Å². The molecule has 4 rings (SSSR count). The quantitative estimate of drug-likeness (QED) is 0.762. The minimum atomic E-state index is -0.328. The van der Waals surface area contributed by atoms with Crippen molar-refractivity contribution < 1.29 is 9.21 Å². The maximum absolute atomic E-state index is 12.7. The van der Waals surface area contributed by atoms with Crippen molar-refractivity contribution in [1.82, 2.24) is 19.8 Å². The van der Waals surface area contributed by atoms with E-state index in [9.17, 15) is 9.59 Å². The van der Waals surface area contributed by atoms with Crippen molar-refractivity contribution in [2.24, 2.45) is 0 Å². The number of para-hydroxylation sites is 1. The lowest BCUT2D eigenvalue weighted by molar-refractivity contribution is -0.135. The molecule has 3 aromatic rings. The van der Waals surface area contributed by atoms with Crippen molar-refractivity contribution in [3.63, 3.8) is 0 Å². The van der Waals surface area contributed by atoms with Gasteiger partial charge in [-0.3, -0.25) is 14.2 Å². The van der Waals surface area contributed by atoms with Crippen molar-refractivity contribution in [1.29, 1.82) is 0 Å². The summed E-state index contributed by atoms with van der Waals surface area (Å²) in [6.07, 6.45) is 1.43. The van der Waals surface area contributed by atoms with Gasteiger partial charge in [-0.15, -0.1) is 0 Å². The summed E-state index contributed by atoms with van der Waals surface area (Å²) in [6.45, 7) is 5.43.